The van der Waals surface area contributed by atoms with Crippen molar-refractivity contribution in [1.29, 1.82) is 0 Å². The first-order valence-corrected chi connectivity index (χ1v) is 8.11. The van der Waals surface area contributed by atoms with E-state index in [1.54, 1.807) is 11.0 Å². The Hall–Kier alpha value is -1.85. The van der Waals surface area contributed by atoms with Crippen LogP contribution in [-0.4, -0.2) is 52.4 Å². The predicted octanol–water partition coefficient (Wildman–Crippen LogP) is 2.03. The van der Waals surface area contributed by atoms with Crippen LogP contribution in [0.15, 0.2) is 10.6 Å². The van der Waals surface area contributed by atoms with Crippen LogP contribution in [0.4, 0.5) is 0 Å². The largest absolute Gasteiger partial charge is 0.360 e. The van der Waals surface area contributed by atoms with Crippen molar-refractivity contribution in [3.05, 3.63) is 17.5 Å². The lowest BCUT2D eigenvalue weighted by Crippen LogP contribution is -2.54. The van der Waals surface area contributed by atoms with Crippen LogP contribution in [-0.2, 0) is 4.79 Å². The summed E-state index contributed by atoms with van der Waals surface area (Å²) in [5.41, 5.74) is 0.297. The maximum absolute atomic E-state index is 12.4. The molecule has 0 spiro atoms. The third kappa shape index (κ3) is 2.87. The Labute approximate surface area is 130 Å². The fourth-order valence-electron chi connectivity index (χ4n) is 3.29. The highest BCUT2D eigenvalue weighted by Crippen LogP contribution is 2.25. The minimum absolute atomic E-state index is 0.0547. The second-order valence-corrected chi connectivity index (χ2v) is 6.52. The lowest BCUT2D eigenvalue weighted by Gasteiger charge is -2.37. The van der Waals surface area contributed by atoms with Crippen molar-refractivity contribution in [2.75, 3.05) is 19.6 Å². The maximum atomic E-state index is 12.4. The quantitative estimate of drug-likeness (QED) is 0.857. The van der Waals surface area contributed by atoms with Gasteiger partial charge in [0.1, 0.15) is 12.3 Å². The summed E-state index contributed by atoms with van der Waals surface area (Å²) in [6.45, 7) is 5.33. The molecule has 0 atom stereocenters. The molecule has 0 unspecified atom stereocenters. The van der Waals surface area contributed by atoms with Gasteiger partial charge in [-0.3, -0.25) is 9.59 Å². The number of rotatable bonds is 3. The van der Waals surface area contributed by atoms with Crippen molar-refractivity contribution in [1.82, 2.24) is 15.0 Å². The van der Waals surface area contributed by atoms with Gasteiger partial charge < -0.3 is 14.3 Å². The van der Waals surface area contributed by atoms with Crippen LogP contribution in [0.1, 0.15) is 61.7 Å². The van der Waals surface area contributed by atoms with Crippen molar-refractivity contribution in [2.45, 2.75) is 51.5 Å². The molecule has 2 heterocycles. The minimum atomic E-state index is -0.213. The molecule has 1 aliphatic carbocycles. The Balaban J connectivity index is 1.64. The summed E-state index contributed by atoms with van der Waals surface area (Å²) >= 11 is 0. The van der Waals surface area contributed by atoms with Gasteiger partial charge in [-0.2, -0.15) is 0 Å². The molecule has 0 N–H and O–H groups in total. The number of nitrogens with zero attached hydrogens (tertiary/aromatic N) is 3. The molecule has 2 aliphatic rings. The van der Waals surface area contributed by atoms with Crippen molar-refractivity contribution in [2.24, 2.45) is 0 Å². The second-order valence-electron chi connectivity index (χ2n) is 6.52. The first-order valence-electron chi connectivity index (χ1n) is 8.11. The van der Waals surface area contributed by atoms with Gasteiger partial charge in [-0.1, -0.05) is 31.8 Å². The smallest absolute Gasteiger partial charge is 0.276 e. The zero-order valence-electron chi connectivity index (χ0n) is 13.2. The Kier molecular flexibility index (Phi) is 4.18. The molecule has 3 rings (SSSR count). The van der Waals surface area contributed by atoms with Gasteiger partial charge in [0, 0.05) is 31.1 Å². The summed E-state index contributed by atoms with van der Waals surface area (Å²) in [5.74, 6) is 0.725. The fraction of sp³-hybridized carbons (Fsp3) is 0.688. The van der Waals surface area contributed by atoms with Crippen LogP contribution in [0.2, 0.25) is 0 Å². The summed E-state index contributed by atoms with van der Waals surface area (Å²) in [7, 11) is 0. The summed E-state index contributed by atoms with van der Waals surface area (Å²) in [6.07, 6.45) is 4.60. The third-order valence-electron chi connectivity index (χ3n) is 4.63. The highest BCUT2D eigenvalue weighted by atomic mass is 16.5. The van der Waals surface area contributed by atoms with Gasteiger partial charge in [0.15, 0.2) is 5.69 Å². The van der Waals surface area contributed by atoms with Gasteiger partial charge in [0.2, 0.25) is 5.91 Å². The molecule has 120 valence electrons. The number of amides is 2. The van der Waals surface area contributed by atoms with Crippen molar-refractivity contribution in [3.63, 3.8) is 0 Å². The highest BCUT2D eigenvalue weighted by Gasteiger charge is 2.33. The van der Waals surface area contributed by atoms with Crippen LogP contribution < -0.4 is 0 Å². The maximum Gasteiger partial charge on any atom is 0.276 e. The van der Waals surface area contributed by atoms with Gasteiger partial charge in [-0.05, 0) is 12.8 Å². The molecule has 6 heteroatoms. The minimum Gasteiger partial charge on any atom is -0.360 e. The fourth-order valence-corrected chi connectivity index (χ4v) is 3.29. The van der Waals surface area contributed by atoms with E-state index in [1.165, 1.54) is 12.8 Å². The van der Waals surface area contributed by atoms with Gasteiger partial charge in [-0.25, -0.2) is 0 Å². The SMILES string of the molecule is CC(C)c1cc(C(=O)N2CCN(C3CCCC3)C(=O)C2)no1. The lowest BCUT2D eigenvalue weighted by molar-refractivity contribution is -0.137. The summed E-state index contributed by atoms with van der Waals surface area (Å²) in [5, 5.41) is 3.84. The zero-order chi connectivity index (χ0) is 15.7. The third-order valence-corrected chi connectivity index (χ3v) is 4.63. The van der Waals surface area contributed by atoms with E-state index in [4.69, 9.17) is 4.52 Å². The first kappa shape index (κ1) is 15.1. The second kappa shape index (κ2) is 6.10. The molecule has 1 saturated heterocycles. The van der Waals surface area contributed by atoms with Gasteiger partial charge >= 0.3 is 0 Å². The number of piperazine rings is 1. The van der Waals surface area contributed by atoms with E-state index < -0.39 is 0 Å². The molecule has 2 fully saturated rings. The van der Waals surface area contributed by atoms with Crippen LogP contribution in [0.5, 0.6) is 0 Å². The van der Waals surface area contributed by atoms with E-state index >= 15 is 0 Å². The molecule has 22 heavy (non-hydrogen) atoms. The van der Waals surface area contributed by atoms with Gasteiger partial charge in [0.25, 0.3) is 5.91 Å². The average molecular weight is 305 g/mol. The number of hydrogen-bond acceptors (Lipinski definition) is 4. The molecule has 0 bridgehead atoms. The number of aromatic nitrogens is 1. The van der Waals surface area contributed by atoms with E-state index in [1.807, 2.05) is 18.7 Å². The molecule has 6 nitrogen and oxygen atoms in total. The van der Waals surface area contributed by atoms with E-state index in [9.17, 15) is 9.59 Å². The average Bonchev–Trinajstić information content (AvgIpc) is 3.17. The summed E-state index contributed by atoms with van der Waals surface area (Å²) in [6, 6.07) is 2.06. The molecule has 1 aromatic rings. The Bertz CT molecular complexity index is 561. The standard InChI is InChI=1S/C16H23N3O3/c1-11(2)14-9-13(17-22-14)16(21)18-7-8-19(15(20)10-18)12-5-3-4-6-12/h9,11-12H,3-8,10H2,1-2H3. The normalized spacial score (nSPS) is 20.2. The molecular formula is C16H23N3O3. The van der Waals surface area contributed by atoms with E-state index in [2.05, 4.69) is 5.16 Å². The van der Waals surface area contributed by atoms with Crippen molar-refractivity contribution in [3.8, 4) is 0 Å². The van der Waals surface area contributed by atoms with Crippen LogP contribution in [0.3, 0.4) is 0 Å². The molecular weight excluding hydrogens is 282 g/mol. The molecule has 1 aliphatic heterocycles. The summed E-state index contributed by atoms with van der Waals surface area (Å²) in [4.78, 5) is 28.3. The van der Waals surface area contributed by atoms with E-state index in [0.29, 0.717) is 30.6 Å². The van der Waals surface area contributed by atoms with Crippen molar-refractivity contribution >= 4 is 11.8 Å². The molecule has 1 aromatic heterocycles. The van der Waals surface area contributed by atoms with Gasteiger partial charge in [0.05, 0.1) is 0 Å². The Morgan fingerprint density at radius 2 is 2.05 bits per heavy atom. The van der Waals surface area contributed by atoms with Crippen LogP contribution in [0, 0.1) is 0 Å². The number of hydrogen-bond donors (Lipinski definition) is 0. The monoisotopic (exact) mass is 305 g/mol. The van der Waals surface area contributed by atoms with E-state index in [0.717, 1.165) is 12.8 Å². The van der Waals surface area contributed by atoms with Crippen LogP contribution >= 0.6 is 0 Å². The molecule has 2 amide bonds. The van der Waals surface area contributed by atoms with Gasteiger partial charge in [-0.15, -0.1) is 0 Å². The van der Waals surface area contributed by atoms with Crippen molar-refractivity contribution < 1.29 is 14.1 Å². The Morgan fingerprint density at radius 3 is 2.64 bits per heavy atom. The zero-order valence-corrected chi connectivity index (χ0v) is 13.2. The number of carbonyl (C=O) groups excluding carboxylic acids is 2. The number of carbonyl (C=O) groups is 2. The first-order chi connectivity index (χ1) is 10.6. The highest BCUT2D eigenvalue weighted by molar-refractivity contribution is 5.95. The predicted molar refractivity (Wildman–Crippen MR) is 80.5 cm³/mol. The molecule has 0 radical (unpaired) electrons. The van der Waals surface area contributed by atoms with E-state index in [-0.39, 0.29) is 24.3 Å². The molecule has 0 aromatic carbocycles. The Morgan fingerprint density at radius 1 is 1.32 bits per heavy atom. The lowest BCUT2D eigenvalue weighted by atomic mass is 10.1. The van der Waals surface area contributed by atoms with Crippen LogP contribution in [0.25, 0.3) is 0 Å². The summed E-state index contributed by atoms with van der Waals surface area (Å²) < 4.78 is 5.17. The topological polar surface area (TPSA) is 66.7 Å². The molecule has 1 saturated carbocycles.